The highest BCUT2D eigenvalue weighted by molar-refractivity contribution is 9.10. The van der Waals surface area contributed by atoms with Gasteiger partial charge in [-0.1, -0.05) is 54.2 Å². The van der Waals surface area contributed by atoms with Crippen molar-refractivity contribution in [3.05, 3.63) is 58.1 Å². The third kappa shape index (κ3) is 5.35. The number of hydrogen-bond acceptors (Lipinski definition) is 2. The van der Waals surface area contributed by atoms with Gasteiger partial charge in [-0.3, -0.25) is 4.72 Å². The summed E-state index contributed by atoms with van der Waals surface area (Å²) in [5.41, 5.74) is 2.74. The van der Waals surface area contributed by atoms with Crippen LogP contribution in [-0.2, 0) is 16.4 Å². The van der Waals surface area contributed by atoms with E-state index in [1.54, 1.807) is 18.2 Å². The predicted octanol–water partition coefficient (Wildman–Crippen LogP) is 5.68. The molecule has 0 aliphatic carbocycles. The summed E-state index contributed by atoms with van der Waals surface area (Å²) in [6.07, 6.45) is 5.85. The van der Waals surface area contributed by atoms with Crippen LogP contribution in [0.3, 0.4) is 0 Å². The summed E-state index contributed by atoms with van der Waals surface area (Å²) in [5, 5.41) is 0. The van der Waals surface area contributed by atoms with Gasteiger partial charge in [0.1, 0.15) is 0 Å². The van der Waals surface area contributed by atoms with Crippen LogP contribution >= 0.6 is 15.9 Å². The van der Waals surface area contributed by atoms with Crippen LogP contribution in [0.1, 0.15) is 43.7 Å². The summed E-state index contributed by atoms with van der Waals surface area (Å²) in [6.45, 7) is 4.12. The molecular formula is C19H24BrNO2S. The molecule has 0 amide bonds. The second-order valence-corrected chi connectivity index (χ2v) is 8.56. The van der Waals surface area contributed by atoms with Crippen LogP contribution < -0.4 is 4.72 Å². The standard InChI is InChI=1S/C19H24BrNO2S/c1-3-4-5-6-7-16-8-11-18(12-9-16)24(22,23)21-17-10-13-19(20)15(2)14-17/h8-14,21H,3-7H2,1-2H3. The van der Waals surface area contributed by atoms with Crippen LogP contribution in [0.2, 0.25) is 0 Å². The molecule has 0 atom stereocenters. The first-order valence-corrected chi connectivity index (χ1v) is 10.6. The fourth-order valence-electron chi connectivity index (χ4n) is 2.51. The minimum absolute atomic E-state index is 0.292. The van der Waals surface area contributed by atoms with Gasteiger partial charge in [-0.25, -0.2) is 8.42 Å². The molecule has 2 aromatic rings. The molecule has 130 valence electrons. The van der Waals surface area contributed by atoms with E-state index in [2.05, 4.69) is 27.6 Å². The second-order valence-electron chi connectivity index (χ2n) is 6.02. The van der Waals surface area contributed by atoms with E-state index in [0.29, 0.717) is 10.6 Å². The van der Waals surface area contributed by atoms with Crippen molar-refractivity contribution in [3.8, 4) is 0 Å². The molecule has 0 bridgehead atoms. The van der Waals surface area contributed by atoms with Gasteiger partial charge in [0, 0.05) is 10.2 Å². The molecule has 0 heterocycles. The lowest BCUT2D eigenvalue weighted by molar-refractivity contribution is 0.601. The summed E-state index contributed by atoms with van der Waals surface area (Å²) >= 11 is 3.41. The average Bonchev–Trinajstić information content (AvgIpc) is 2.55. The highest BCUT2D eigenvalue weighted by Crippen LogP contribution is 2.22. The Hall–Kier alpha value is -1.33. The lowest BCUT2D eigenvalue weighted by Gasteiger charge is -2.10. The summed E-state index contributed by atoms with van der Waals surface area (Å²) < 4.78 is 28.6. The fraction of sp³-hybridized carbons (Fsp3) is 0.368. The van der Waals surface area contributed by atoms with Crippen molar-refractivity contribution < 1.29 is 8.42 Å². The van der Waals surface area contributed by atoms with Crippen LogP contribution in [0.5, 0.6) is 0 Å². The van der Waals surface area contributed by atoms with Gasteiger partial charge >= 0.3 is 0 Å². The number of unbranched alkanes of at least 4 members (excludes halogenated alkanes) is 3. The summed E-state index contributed by atoms with van der Waals surface area (Å²) in [6, 6.07) is 12.6. The molecule has 5 heteroatoms. The first-order chi connectivity index (χ1) is 11.4. The number of sulfonamides is 1. The first kappa shape index (κ1) is 19.0. The zero-order chi connectivity index (χ0) is 17.6. The number of halogens is 1. The van der Waals surface area contributed by atoms with Crippen LogP contribution in [-0.4, -0.2) is 8.42 Å². The highest BCUT2D eigenvalue weighted by atomic mass is 79.9. The van der Waals surface area contributed by atoms with Crippen molar-refractivity contribution in [2.24, 2.45) is 0 Å². The van der Waals surface area contributed by atoms with E-state index in [1.165, 1.54) is 24.8 Å². The Kier molecular flexibility index (Phi) is 6.87. The predicted molar refractivity (Wildman–Crippen MR) is 104 cm³/mol. The van der Waals surface area contributed by atoms with Gasteiger partial charge in [-0.15, -0.1) is 0 Å². The Morgan fingerprint density at radius 3 is 2.33 bits per heavy atom. The molecule has 0 aromatic heterocycles. The lowest BCUT2D eigenvalue weighted by Crippen LogP contribution is -2.13. The molecule has 0 fully saturated rings. The Bertz CT molecular complexity index is 770. The van der Waals surface area contributed by atoms with Crippen LogP contribution in [0, 0.1) is 6.92 Å². The highest BCUT2D eigenvalue weighted by Gasteiger charge is 2.14. The molecule has 0 unspecified atom stereocenters. The summed E-state index contributed by atoms with van der Waals surface area (Å²) in [7, 11) is -3.55. The lowest BCUT2D eigenvalue weighted by atomic mass is 10.1. The maximum absolute atomic E-state index is 12.5. The van der Waals surface area contributed by atoms with E-state index in [4.69, 9.17) is 0 Å². The van der Waals surface area contributed by atoms with E-state index in [1.807, 2.05) is 31.2 Å². The molecule has 3 nitrogen and oxygen atoms in total. The third-order valence-corrected chi connectivity index (χ3v) is 6.25. The van der Waals surface area contributed by atoms with E-state index in [-0.39, 0.29) is 0 Å². The van der Waals surface area contributed by atoms with Gasteiger partial charge in [-0.2, -0.15) is 0 Å². The first-order valence-electron chi connectivity index (χ1n) is 8.30. The van der Waals surface area contributed by atoms with E-state index >= 15 is 0 Å². The van der Waals surface area contributed by atoms with Gasteiger partial charge in [0.25, 0.3) is 10.0 Å². The molecule has 0 spiro atoms. The quantitative estimate of drug-likeness (QED) is 0.569. The van der Waals surface area contributed by atoms with E-state index in [9.17, 15) is 8.42 Å². The molecule has 0 saturated carbocycles. The van der Waals surface area contributed by atoms with Crippen molar-refractivity contribution in [1.29, 1.82) is 0 Å². The molecule has 0 aliphatic heterocycles. The Morgan fingerprint density at radius 2 is 1.71 bits per heavy atom. The summed E-state index contributed by atoms with van der Waals surface area (Å²) in [5.74, 6) is 0. The van der Waals surface area contributed by atoms with Crippen molar-refractivity contribution in [2.45, 2.75) is 50.8 Å². The topological polar surface area (TPSA) is 46.2 Å². The summed E-state index contributed by atoms with van der Waals surface area (Å²) in [4.78, 5) is 0.292. The van der Waals surface area contributed by atoms with Crippen LogP contribution in [0.4, 0.5) is 5.69 Å². The minimum Gasteiger partial charge on any atom is -0.280 e. The SMILES string of the molecule is CCCCCCc1ccc(S(=O)(=O)Nc2ccc(Br)c(C)c2)cc1. The average molecular weight is 410 g/mol. The van der Waals surface area contributed by atoms with Gasteiger partial charge in [0.05, 0.1) is 4.90 Å². The number of benzene rings is 2. The Labute approximate surface area is 153 Å². The smallest absolute Gasteiger partial charge is 0.261 e. The molecule has 24 heavy (non-hydrogen) atoms. The molecule has 0 radical (unpaired) electrons. The molecule has 0 saturated heterocycles. The Balaban J connectivity index is 2.04. The molecule has 2 aromatic carbocycles. The number of anilines is 1. The van der Waals surface area contributed by atoms with E-state index in [0.717, 1.165) is 22.9 Å². The minimum atomic E-state index is -3.55. The maximum atomic E-state index is 12.5. The number of rotatable bonds is 8. The van der Waals surface area contributed by atoms with Gasteiger partial charge < -0.3 is 0 Å². The largest absolute Gasteiger partial charge is 0.280 e. The zero-order valence-electron chi connectivity index (χ0n) is 14.2. The fourth-order valence-corrected chi connectivity index (χ4v) is 3.81. The van der Waals surface area contributed by atoms with E-state index < -0.39 is 10.0 Å². The van der Waals surface area contributed by atoms with Crippen molar-refractivity contribution in [1.82, 2.24) is 0 Å². The van der Waals surface area contributed by atoms with Crippen molar-refractivity contribution in [2.75, 3.05) is 4.72 Å². The maximum Gasteiger partial charge on any atom is 0.261 e. The molecule has 1 N–H and O–H groups in total. The van der Waals surface area contributed by atoms with Crippen molar-refractivity contribution in [3.63, 3.8) is 0 Å². The number of nitrogens with one attached hydrogen (secondary N) is 1. The number of aryl methyl sites for hydroxylation is 2. The van der Waals surface area contributed by atoms with Gasteiger partial charge in [0.2, 0.25) is 0 Å². The second kappa shape index (κ2) is 8.67. The van der Waals surface area contributed by atoms with Crippen LogP contribution in [0.25, 0.3) is 0 Å². The normalized spacial score (nSPS) is 11.5. The monoisotopic (exact) mass is 409 g/mol. The van der Waals surface area contributed by atoms with Crippen molar-refractivity contribution >= 4 is 31.6 Å². The third-order valence-electron chi connectivity index (χ3n) is 3.96. The molecular weight excluding hydrogens is 386 g/mol. The van der Waals surface area contributed by atoms with Crippen LogP contribution in [0.15, 0.2) is 51.8 Å². The molecule has 2 rings (SSSR count). The van der Waals surface area contributed by atoms with Gasteiger partial charge in [-0.05, 0) is 61.2 Å². The number of hydrogen-bond donors (Lipinski definition) is 1. The molecule has 0 aliphatic rings. The Morgan fingerprint density at radius 1 is 1.00 bits per heavy atom. The van der Waals surface area contributed by atoms with Gasteiger partial charge in [0.15, 0.2) is 0 Å². The zero-order valence-corrected chi connectivity index (χ0v) is 16.6.